The van der Waals surface area contributed by atoms with Crippen molar-refractivity contribution >= 4 is 29.2 Å². The largest absolute Gasteiger partial charge is 0.496 e. The fraction of sp³-hybridized carbons (Fsp3) is 0.561. The number of nitrogen functional groups attached to an aromatic ring is 1. The van der Waals surface area contributed by atoms with E-state index >= 15 is 0 Å². The van der Waals surface area contributed by atoms with Crippen LogP contribution >= 0.6 is 0 Å². The molecule has 0 aliphatic rings. The van der Waals surface area contributed by atoms with E-state index in [0.29, 0.717) is 34.7 Å². The quantitative estimate of drug-likeness (QED) is 0.0293. The first-order chi connectivity index (χ1) is 35.9. The summed E-state index contributed by atoms with van der Waals surface area (Å²) in [7, 11) is 4.78. The van der Waals surface area contributed by atoms with Gasteiger partial charge in [-0.05, 0) is 125 Å². The third-order valence-corrected chi connectivity index (χ3v) is 13.5. The monoisotopic (exact) mass is 1100 g/mol. The minimum atomic E-state index is -0.309. The highest BCUT2D eigenvalue weighted by molar-refractivity contribution is 6.02. The minimum Gasteiger partial charge on any atom is -0.496 e. The number of carbonyl (C=O) groups is 4. The number of nitrogens with one attached hydrogen (secondary N) is 3. The van der Waals surface area contributed by atoms with Crippen LogP contribution < -0.4 is 36.2 Å². The molecular weight excluding hydrogens is 991 g/mol. The molecule has 1 atom stereocenters. The maximum Gasteiger partial charge on any atom is 0.271 e. The van der Waals surface area contributed by atoms with Gasteiger partial charge in [-0.15, -0.1) is 0 Å². The second-order valence-electron chi connectivity index (χ2n) is 25.9. The summed E-state index contributed by atoms with van der Waals surface area (Å²) < 4.78 is 15.7. The third kappa shape index (κ3) is 27.1. The van der Waals surface area contributed by atoms with Crippen molar-refractivity contribution in [2.75, 3.05) is 34.5 Å². The summed E-state index contributed by atoms with van der Waals surface area (Å²) in [6.07, 6.45) is 6.16. The van der Waals surface area contributed by atoms with Gasteiger partial charge in [-0.25, -0.2) is 11.3 Å². The van der Waals surface area contributed by atoms with Crippen LogP contribution in [0, 0.1) is 59.2 Å². The average Bonchev–Trinajstić information content (AvgIpc) is 3.32. The number of methoxy groups -OCH3 is 3. The molecule has 0 aliphatic heterocycles. The molecule has 13 heteroatoms. The van der Waals surface area contributed by atoms with Crippen molar-refractivity contribution < 1.29 is 38.5 Å². The first-order valence-electron chi connectivity index (χ1n) is 27.2. The average molecular weight is 1100 g/mol. The molecule has 13 nitrogen and oxygen atoms in total. The summed E-state index contributed by atoms with van der Waals surface area (Å²) in [5.41, 5.74) is 13.5. The molecular formula is C66H107N5O8. The Morgan fingerprint density at radius 3 is 1.19 bits per heavy atom. The van der Waals surface area contributed by atoms with Gasteiger partial charge in [-0.3, -0.25) is 24.6 Å². The number of hydrogen-bond donors (Lipinski definition) is 5. The van der Waals surface area contributed by atoms with E-state index < -0.39 is 0 Å². The Hall–Kier alpha value is -6.05. The molecule has 444 valence electrons. The summed E-state index contributed by atoms with van der Waals surface area (Å²) in [5.74, 6) is 7.02. The highest BCUT2D eigenvalue weighted by Gasteiger charge is 2.27. The number of carbonyl (C=O) groups excluding carboxylic acids is 4. The molecule has 1 unspecified atom stereocenters. The lowest BCUT2D eigenvalue weighted by atomic mass is 9.76. The number of aliphatic hydroxyl groups is 1. The summed E-state index contributed by atoms with van der Waals surface area (Å²) in [4.78, 5) is 48.1. The van der Waals surface area contributed by atoms with E-state index in [2.05, 4.69) is 151 Å². The topological polar surface area (TPSA) is 191 Å². The Bertz CT molecular complexity index is 2560. The lowest BCUT2D eigenvalue weighted by molar-refractivity contribution is -0.121. The normalized spacial score (nSPS) is 13.0. The molecule has 6 N–H and O–H groups in total. The van der Waals surface area contributed by atoms with Crippen molar-refractivity contribution in [1.82, 2.24) is 16.2 Å². The Balaban J connectivity index is 0. The van der Waals surface area contributed by atoms with Crippen LogP contribution in [0.15, 0.2) is 94.6 Å². The van der Waals surface area contributed by atoms with E-state index in [1.165, 1.54) is 11.1 Å². The highest BCUT2D eigenvalue weighted by atomic mass is 16.5. The van der Waals surface area contributed by atoms with Gasteiger partial charge in [-0.1, -0.05) is 166 Å². The second kappa shape index (κ2) is 32.9. The number of aliphatic hydroxyl groups excluding tert-OH is 1. The number of hydrazone groups is 1. The number of allylic oxidation sites excluding steroid dienone is 5. The third-order valence-electron chi connectivity index (χ3n) is 13.5. The van der Waals surface area contributed by atoms with Crippen LogP contribution in [0.1, 0.15) is 200 Å². The van der Waals surface area contributed by atoms with Gasteiger partial charge in [-0.2, -0.15) is 5.10 Å². The fourth-order valence-corrected chi connectivity index (χ4v) is 6.43. The molecule has 0 aliphatic carbocycles. The predicted molar refractivity (Wildman–Crippen MR) is 331 cm³/mol. The number of amides is 3. The van der Waals surface area contributed by atoms with Gasteiger partial charge in [0.15, 0.2) is 5.78 Å². The lowest BCUT2D eigenvalue weighted by Gasteiger charge is -2.31. The van der Waals surface area contributed by atoms with Crippen LogP contribution in [0.4, 0.5) is 0 Å². The zero-order chi connectivity index (χ0) is 62.2. The maximum absolute atomic E-state index is 12.7. The lowest BCUT2D eigenvalue weighted by Crippen LogP contribution is -2.35. The molecule has 0 aromatic heterocycles. The van der Waals surface area contributed by atoms with Gasteiger partial charge in [0.05, 0.1) is 27.0 Å². The standard InChI is InChI=1S/C22H35NO2.C21H32N2O2.C12H22O.C9H12N2O2.C2H6O/c1-15(21(3,4)5)13-17(22(6,7)8)14-23-20(24)18-11-10-12-19(25-9)16(18)2;1-14(20(3,4)5)13-18(21(6,7)8)22-23-19(24)16-11-10-12-17(25-9)15(16)2;1-9(11(2,3)4)8-10(13)12(5,6)7;1-6-7(9(12)11-10)4-3-5-8(6)13-2;1-2-3/h10-13,17H,14H2,1-9H3,(H,23,24);10-13H,1-9H3,(H,23,24);8H,1-7H3;3-5H,10H2,1-2H3,(H,11,12);3H,2H2,1H3/b15-13+;14-13+,22-18?;9-8+;;. The van der Waals surface area contributed by atoms with Crippen LogP contribution in [0.3, 0.4) is 0 Å². The Labute approximate surface area is 479 Å². The molecule has 3 amide bonds. The summed E-state index contributed by atoms with van der Waals surface area (Å²) in [6.45, 7) is 52.7. The Kier molecular flexibility index (Phi) is 31.2. The smallest absolute Gasteiger partial charge is 0.271 e. The maximum atomic E-state index is 12.7. The summed E-state index contributed by atoms with van der Waals surface area (Å²) in [6, 6.07) is 16.2. The van der Waals surface area contributed by atoms with E-state index in [0.717, 1.165) is 33.7 Å². The molecule has 0 spiro atoms. The van der Waals surface area contributed by atoms with Gasteiger partial charge in [0.25, 0.3) is 17.7 Å². The summed E-state index contributed by atoms with van der Waals surface area (Å²) >= 11 is 0. The van der Waals surface area contributed by atoms with Crippen molar-refractivity contribution in [1.29, 1.82) is 0 Å². The molecule has 0 saturated heterocycles. The van der Waals surface area contributed by atoms with Crippen LogP contribution in [-0.4, -0.2) is 68.8 Å². The number of hydrazine groups is 1. The zero-order valence-corrected chi connectivity index (χ0v) is 54.2. The number of nitrogens with two attached hydrogens (primary N) is 1. The Morgan fingerprint density at radius 2 is 0.886 bits per heavy atom. The first-order valence-corrected chi connectivity index (χ1v) is 27.2. The van der Waals surface area contributed by atoms with E-state index in [4.69, 9.17) is 25.2 Å². The molecule has 0 fully saturated rings. The molecule has 3 rings (SSSR count). The number of rotatable bonds is 12. The molecule has 3 aromatic carbocycles. The number of ether oxygens (including phenoxy) is 3. The number of ketones is 1. The second-order valence-corrected chi connectivity index (χ2v) is 25.9. The van der Waals surface area contributed by atoms with Crippen molar-refractivity contribution in [3.8, 4) is 17.2 Å². The van der Waals surface area contributed by atoms with Gasteiger partial charge < -0.3 is 24.6 Å². The molecule has 79 heavy (non-hydrogen) atoms. The van der Waals surface area contributed by atoms with Crippen LogP contribution in [-0.2, 0) is 4.79 Å². The minimum absolute atomic E-state index is 0.0486. The number of nitrogens with zero attached hydrogens (tertiary/aromatic N) is 1. The van der Waals surface area contributed by atoms with E-state index in [9.17, 15) is 19.2 Å². The van der Waals surface area contributed by atoms with E-state index in [-0.39, 0.29) is 68.5 Å². The summed E-state index contributed by atoms with van der Waals surface area (Å²) in [5, 5.41) is 15.1. The van der Waals surface area contributed by atoms with E-state index in [1.54, 1.807) is 64.7 Å². The van der Waals surface area contributed by atoms with Crippen LogP contribution in [0.2, 0.25) is 0 Å². The van der Waals surface area contributed by atoms with Crippen molar-refractivity contribution in [3.63, 3.8) is 0 Å². The zero-order valence-electron chi connectivity index (χ0n) is 54.2. The van der Waals surface area contributed by atoms with Gasteiger partial charge in [0.2, 0.25) is 0 Å². The van der Waals surface area contributed by atoms with Gasteiger partial charge >= 0.3 is 0 Å². The molecule has 0 heterocycles. The van der Waals surface area contributed by atoms with Crippen LogP contribution in [0.25, 0.3) is 0 Å². The molecule has 0 radical (unpaired) electrons. The van der Waals surface area contributed by atoms with E-state index in [1.807, 2.05) is 72.7 Å². The molecule has 0 saturated carbocycles. The Morgan fingerprint density at radius 1 is 0.544 bits per heavy atom. The number of benzene rings is 3. The predicted octanol–water partition coefficient (Wildman–Crippen LogP) is 14.7. The van der Waals surface area contributed by atoms with Crippen molar-refractivity contribution in [2.24, 2.45) is 49.4 Å². The van der Waals surface area contributed by atoms with Crippen molar-refractivity contribution in [2.45, 2.75) is 173 Å². The van der Waals surface area contributed by atoms with Crippen molar-refractivity contribution in [3.05, 3.63) is 123 Å². The fourth-order valence-electron chi connectivity index (χ4n) is 6.43. The molecule has 3 aromatic rings. The highest BCUT2D eigenvalue weighted by Crippen LogP contribution is 2.33. The first kappa shape index (κ1) is 75.0. The number of hydrogen-bond acceptors (Lipinski definition) is 10. The van der Waals surface area contributed by atoms with Gasteiger partial charge in [0, 0.05) is 57.4 Å². The molecule has 0 bridgehead atoms. The van der Waals surface area contributed by atoms with Gasteiger partial charge in [0.1, 0.15) is 17.2 Å². The van der Waals surface area contributed by atoms with Crippen LogP contribution in [0.5, 0.6) is 17.2 Å². The SMILES string of the molecule is C/C(=C\C(=O)C(C)(C)C)C(C)(C)C.CCO.COc1cccc(C(=O)NCC(/C=C(\C)C(C)(C)C)C(C)(C)C)c1C.COc1cccc(C(=O)NN)c1C.COc1cccc(C(=O)NN=C(/C=C(\C)C(C)(C)C)C(C)(C)C)c1C.